The number of aliphatic hydroxyl groups is 1. The zero-order chi connectivity index (χ0) is 14.3. The van der Waals surface area contributed by atoms with Gasteiger partial charge in [-0.1, -0.05) is 42.5 Å². The lowest BCUT2D eigenvalue weighted by Crippen LogP contribution is -2.39. The molecule has 0 aliphatic carbocycles. The Morgan fingerprint density at radius 3 is 2.53 bits per heavy atom. The summed E-state index contributed by atoms with van der Waals surface area (Å²) in [6.45, 7) is 5.20. The smallest absolute Gasteiger partial charge is 0.408 e. The molecule has 0 radical (unpaired) electrons. The molecular weight excluding hydrogens is 242 g/mol. The second-order valence-corrected chi connectivity index (χ2v) is 5.21. The number of hydrogen-bond donors (Lipinski definition) is 2. The van der Waals surface area contributed by atoms with E-state index in [1.165, 1.54) is 0 Å². The third-order valence-corrected chi connectivity index (χ3v) is 2.22. The third kappa shape index (κ3) is 6.62. The van der Waals surface area contributed by atoms with Gasteiger partial charge in [0.25, 0.3) is 0 Å². The van der Waals surface area contributed by atoms with Crippen molar-refractivity contribution in [2.24, 2.45) is 0 Å². The number of carbonyl (C=O) groups is 1. The Bertz CT molecular complexity index is 421. The quantitative estimate of drug-likeness (QED) is 0.877. The second-order valence-electron chi connectivity index (χ2n) is 5.21. The minimum atomic E-state index is -0.548. The highest BCUT2D eigenvalue weighted by Gasteiger charge is 2.17. The van der Waals surface area contributed by atoms with Crippen LogP contribution in [-0.2, 0) is 4.74 Å². The number of amides is 1. The van der Waals surface area contributed by atoms with Gasteiger partial charge in [0.15, 0.2) is 0 Å². The van der Waals surface area contributed by atoms with Gasteiger partial charge in [-0.15, -0.1) is 0 Å². The molecule has 0 aliphatic rings. The molecule has 4 heteroatoms. The maximum Gasteiger partial charge on any atom is 0.408 e. The van der Waals surface area contributed by atoms with Gasteiger partial charge in [-0.3, -0.25) is 0 Å². The molecule has 2 N–H and O–H groups in total. The Hall–Kier alpha value is -1.81. The lowest BCUT2D eigenvalue weighted by atomic mass is 10.2. The number of rotatable bonds is 4. The second kappa shape index (κ2) is 6.95. The van der Waals surface area contributed by atoms with Crippen LogP contribution in [0.4, 0.5) is 4.79 Å². The first-order valence-electron chi connectivity index (χ1n) is 6.24. The molecule has 104 valence electrons. The van der Waals surface area contributed by atoms with Gasteiger partial charge in [-0.2, -0.15) is 0 Å². The molecule has 1 aromatic carbocycles. The summed E-state index contributed by atoms with van der Waals surface area (Å²) in [6.07, 6.45) is 3.04. The number of nitrogens with one attached hydrogen (secondary N) is 1. The van der Waals surface area contributed by atoms with Crippen LogP contribution in [0, 0.1) is 0 Å². The maximum absolute atomic E-state index is 11.6. The van der Waals surface area contributed by atoms with Crippen LogP contribution in [0.1, 0.15) is 26.3 Å². The van der Waals surface area contributed by atoms with Gasteiger partial charge >= 0.3 is 6.09 Å². The molecule has 0 spiro atoms. The summed E-state index contributed by atoms with van der Waals surface area (Å²) in [5, 5.41) is 11.8. The van der Waals surface area contributed by atoms with Crippen molar-refractivity contribution < 1.29 is 14.6 Å². The van der Waals surface area contributed by atoms with Gasteiger partial charge in [0.05, 0.1) is 12.6 Å². The number of benzene rings is 1. The number of alkyl carbamates (subject to hydrolysis) is 1. The van der Waals surface area contributed by atoms with E-state index in [-0.39, 0.29) is 6.61 Å². The van der Waals surface area contributed by atoms with Crippen molar-refractivity contribution in [3.05, 3.63) is 42.0 Å². The van der Waals surface area contributed by atoms with E-state index in [1.54, 1.807) is 26.8 Å². The molecule has 0 saturated heterocycles. The number of ether oxygens (including phenoxy) is 1. The monoisotopic (exact) mass is 263 g/mol. The fourth-order valence-electron chi connectivity index (χ4n) is 1.40. The van der Waals surface area contributed by atoms with E-state index in [4.69, 9.17) is 4.74 Å². The molecule has 0 heterocycles. The molecule has 0 bridgehead atoms. The summed E-state index contributed by atoms with van der Waals surface area (Å²) < 4.78 is 5.13. The van der Waals surface area contributed by atoms with Gasteiger partial charge in [-0.05, 0) is 26.3 Å². The summed E-state index contributed by atoms with van der Waals surface area (Å²) in [7, 11) is 0. The Kier molecular flexibility index (Phi) is 5.57. The summed E-state index contributed by atoms with van der Waals surface area (Å²) in [5.74, 6) is 0. The molecule has 0 fully saturated rings. The predicted molar refractivity (Wildman–Crippen MR) is 75.7 cm³/mol. The van der Waals surface area contributed by atoms with E-state index in [2.05, 4.69) is 5.32 Å². The molecule has 0 unspecified atom stereocenters. The molecule has 4 nitrogen and oxygen atoms in total. The van der Waals surface area contributed by atoms with Crippen LogP contribution in [0.5, 0.6) is 0 Å². The van der Waals surface area contributed by atoms with Crippen LogP contribution in [0.25, 0.3) is 6.08 Å². The number of carbonyl (C=O) groups excluding carboxylic acids is 1. The molecular formula is C15H21NO3. The average molecular weight is 263 g/mol. The summed E-state index contributed by atoms with van der Waals surface area (Å²) in [6, 6.07) is 9.20. The highest BCUT2D eigenvalue weighted by Crippen LogP contribution is 2.07. The number of hydrogen-bond acceptors (Lipinski definition) is 3. The zero-order valence-electron chi connectivity index (χ0n) is 11.6. The van der Waals surface area contributed by atoms with Crippen LogP contribution in [0.15, 0.2) is 36.4 Å². The van der Waals surface area contributed by atoms with E-state index in [0.717, 1.165) is 5.56 Å². The minimum absolute atomic E-state index is 0.178. The van der Waals surface area contributed by atoms with Crippen molar-refractivity contribution in [3.8, 4) is 0 Å². The molecule has 1 amide bonds. The molecule has 0 saturated carbocycles. The normalized spacial score (nSPS) is 13.3. The SMILES string of the molecule is CC(C)(C)OC(=O)N[C@H](/C=C\c1ccccc1)CO. The van der Waals surface area contributed by atoms with Crippen LogP contribution < -0.4 is 5.32 Å². The lowest BCUT2D eigenvalue weighted by molar-refractivity contribution is 0.0498. The van der Waals surface area contributed by atoms with Crippen LogP contribution in [-0.4, -0.2) is 29.4 Å². The van der Waals surface area contributed by atoms with Gasteiger partial charge in [0.1, 0.15) is 5.60 Å². The molecule has 0 aromatic heterocycles. The van der Waals surface area contributed by atoms with E-state index < -0.39 is 17.7 Å². The first kappa shape index (κ1) is 15.2. The first-order chi connectivity index (χ1) is 8.90. The Labute approximate surface area is 114 Å². The molecule has 1 aromatic rings. The standard InChI is InChI=1S/C15H21NO3/c1-15(2,3)19-14(18)16-13(11-17)10-9-12-7-5-4-6-8-12/h4-10,13,17H,11H2,1-3H3,(H,16,18)/b10-9-/t13-/m1/s1. The summed E-state index contributed by atoms with van der Waals surface area (Å²) >= 11 is 0. The summed E-state index contributed by atoms with van der Waals surface area (Å²) in [5.41, 5.74) is 0.458. The van der Waals surface area contributed by atoms with Crippen LogP contribution in [0.2, 0.25) is 0 Å². The van der Waals surface area contributed by atoms with E-state index in [0.29, 0.717) is 0 Å². The Morgan fingerprint density at radius 2 is 2.00 bits per heavy atom. The Morgan fingerprint density at radius 1 is 1.37 bits per heavy atom. The van der Waals surface area contributed by atoms with Gasteiger partial charge in [0, 0.05) is 0 Å². The van der Waals surface area contributed by atoms with Crippen LogP contribution in [0.3, 0.4) is 0 Å². The topological polar surface area (TPSA) is 58.6 Å². The highest BCUT2D eigenvalue weighted by atomic mass is 16.6. The first-order valence-corrected chi connectivity index (χ1v) is 6.24. The van der Waals surface area contributed by atoms with Gasteiger partial charge in [0.2, 0.25) is 0 Å². The fourth-order valence-corrected chi connectivity index (χ4v) is 1.40. The van der Waals surface area contributed by atoms with Crippen molar-refractivity contribution in [2.75, 3.05) is 6.61 Å². The molecule has 1 rings (SSSR count). The van der Waals surface area contributed by atoms with Crippen LogP contribution >= 0.6 is 0 Å². The molecule has 19 heavy (non-hydrogen) atoms. The van der Waals surface area contributed by atoms with E-state index in [9.17, 15) is 9.90 Å². The molecule has 1 atom stereocenters. The predicted octanol–water partition coefficient (Wildman–Crippen LogP) is 2.59. The van der Waals surface area contributed by atoms with E-state index in [1.807, 2.05) is 36.4 Å². The van der Waals surface area contributed by atoms with Crippen molar-refractivity contribution in [1.82, 2.24) is 5.32 Å². The third-order valence-electron chi connectivity index (χ3n) is 2.22. The van der Waals surface area contributed by atoms with Crippen molar-refractivity contribution in [2.45, 2.75) is 32.4 Å². The van der Waals surface area contributed by atoms with Gasteiger partial charge < -0.3 is 15.2 Å². The van der Waals surface area contributed by atoms with Crippen molar-refractivity contribution in [3.63, 3.8) is 0 Å². The maximum atomic E-state index is 11.6. The fraction of sp³-hybridized carbons (Fsp3) is 0.400. The Balaban J connectivity index is 2.55. The molecule has 0 aliphatic heterocycles. The van der Waals surface area contributed by atoms with E-state index >= 15 is 0 Å². The zero-order valence-corrected chi connectivity index (χ0v) is 11.6. The summed E-state index contributed by atoms with van der Waals surface area (Å²) in [4.78, 5) is 11.6. The number of aliphatic hydroxyl groups excluding tert-OH is 1. The average Bonchev–Trinajstić information content (AvgIpc) is 2.33. The highest BCUT2D eigenvalue weighted by molar-refractivity contribution is 5.68. The van der Waals surface area contributed by atoms with Crippen molar-refractivity contribution >= 4 is 12.2 Å². The van der Waals surface area contributed by atoms with Crippen molar-refractivity contribution in [1.29, 1.82) is 0 Å². The lowest BCUT2D eigenvalue weighted by Gasteiger charge is -2.21. The largest absolute Gasteiger partial charge is 0.444 e. The van der Waals surface area contributed by atoms with Gasteiger partial charge in [-0.25, -0.2) is 4.79 Å². The minimum Gasteiger partial charge on any atom is -0.444 e.